The zero-order chi connectivity index (χ0) is 20.8. The van der Waals surface area contributed by atoms with Gasteiger partial charge in [-0.25, -0.2) is 9.07 Å². The van der Waals surface area contributed by atoms with Gasteiger partial charge >= 0.3 is 0 Å². The van der Waals surface area contributed by atoms with Crippen molar-refractivity contribution in [3.63, 3.8) is 0 Å². The molecule has 1 fully saturated rings. The summed E-state index contributed by atoms with van der Waals surface area (Å²) in [6.07, 6.45) is 8.97. The second kappa shape index (κ2) is 7.42. The Bertz CT molecular complexity index is 1000. The van der Waals surface area contributed by atoms with Crippen molar-refractivity contribution in [3.8, 4) is 11.8 Å². The van der Waals surface area contributed by atoms with E-state index in [1.807, 2.05) is 17.7 Å². The van der Waals surface area contributed by atoms with E-state index in [2.05, 4.69) is 32.1 Å². The number of nitrogens with zero attached hydrogens (tertiary/aromatic N) is 3. The van der Waals surface area contributed by atoms with Crippen molar-refractivity contribution in [1.29, 1.82) is 5.26 Å². The molecule has 2 aliphatic carbocycles. The molecule has 0 atom stereocenters. The summed E-state index contributed by atoms with van der Waals surface area (Å²) < 4.78 is 16.7. The first-order valence-corrected chi connectivity index (χ1v) is 10.5. The summed E-state index contributed by atoms with van der Waals surface area (Å²) in [5.41, 5.74) is 4.72. The number of aromatic nitrogens is 2. The van der Waals surface area contributed by atoms with E-state index in [4.69, 9.17) is 5.10 Å². The van der Waals surface area contributed by atoms with E-state index in [0.717, 1.165) is 54.6 Å². The van der Waals surface area contributed by atoms with Gasteiger partial charge in [0.1, 0.15) is 11.9 Å². The molecule has 2 aromatic rings. The third-order valence-electron chi connectivity index (χ3n) is 6.37. The van der Waals surface area contributed by atoms with E-state index in [1.54, 1.807) is 0 Å². The Kier molecular flexibility index (Phi) is 5.08. The summed E-state index contributed by atoms with van der Waals surface area (Å²) in [6.45, 7) is 6.34. The zero-order valence-electron chi connectivity index (χ0n) is 17.4. The second-order valence-corrected chi connectivity index (χ2v) is 9.31. The molecule has 1 N–H and O–H groups in total. The molecule has 1 heterocycles. The number of fused-ring (bicyclic) bond motifs is 1. The quantitative estimate of drug-likeness (QED) is 0.808. The van der Waals surface area contributed by atoms with Crippen LogP contribution in [0.15, 0.2) is 18.2 Å². The highest BCUT2D eigenvalue weighted by Crippen LogP contribution is 2.35. The summed E-state index contributed by atoms with van der Waals surface area (Å²) in [5.74, 6) is -0.112. The molecule has 152 valence electrons. The van der Waals surface area contributed by atoms with Gasteiger partial charge in [0, 0.05) is 11.6 Å². The Morgan fingerprint density at radius 3 is 2.69 bits per heavy atom. The number of allylic oxidation sites excluding steroid dienone is 1. The lowest BCUT2D eigenvalue weighted by Crippen LogP contribution is -2.20. The smallest absolute Gasteiger partial charge is 0.143 e. The molecule has 1 aromatic heterocycles. The first-order valence-electron chi connectivity index (χ1n) is 10.5. The fraction of sp³-hybridized carbons (Fsp3) is 0.500. The van der Waals surface area contributed by atoms with E-state index in [-0.39, 0.29) is 17.1 Å². The summed E-state index contributed by atoms with van der Waals surface area (Å²) in [6, 6.07) is 5.43. The van der Waals surface area contributed by atoms with Crippen LogP contribution >= 0.6 is 0 Å². The Morgan fingerprint density at radius 1 is 1.28 bits per heavy atom. The lowest BCUT2D eigenvalue weighted by molar-refractivity contribution is 0.108. The van der Waals surface area contributed by atoms with E-state index >= 15 is 0 Å². The van der Waals surface area contributed by atoms with Crippen LogP contribution in [0, 0.1) is 35.4 Å². The average Bonchev–Trinajstić information content (AvgIpc) is 2.98. The van der Waals surface area contributed by atoms with Crippen LogP contribution in [0.25, 0.3) is 11.8 Å². The van der Waals surface area contributed by atoms with Crippen LogP contribution in [0.2, 0.25) is 0 Å². The van der Waals surface area contributed by atoms with Crippen LogP contribution in [-0.4, -0.2) is 21.0 Å². The highest BCUT2D eigenvalue weighted by Gasteiger charge is 2.27. The molecule has 0 amide bonds. The predicted molar refractivity (Wildman–Crippen MR) is 111 cm³/mol. The van der Waals surface area contributed by atoms with Gasteiger partial charge in [-0.15, -0.1) is 0 Å². The summed E-state index contributed by atoms with van der Waals surface area (Å²) in [4.78, 5) is 0. The standard InChI is InChI=1S/C24H28FN3O/c1-15-20-8-9-24(2,3)13-23(20)28(27-15)18-11-17(21(14-26)22(25)12-18)10-16-4-6-19(29)7-5-16/h8-9,11-12,16,19,29H,4-7,10,13H2,1-3H3. The Labute approximate surface area is 171 Å². The molecule has 2 aliphatic rings. The molecule has 0 unspecified atom stereocenters. The number of hydrogen-bond acceptors (Lipinski definition) is 3. The molecule has 29 heavy (non-hydrogen) atoms. The van der Waals surface area contributed by atoms with Gasteiger partial charge in [-0.3, -0.25) is 0 Å². The number of hydrogen-bond donors (Lipinski definition) is 1. The molecule has 0 saturated heterocycles. The van der Waals surface area contributed by atoms with Gasteiger partial charge in [0.05, 0.1) is 28.7 Å². The highest BCUT2D eigenvalue weighted by molar-refractivity contribution is 5.60. The van der Waals surface area contributed by atoms with Gasteiger partial charge in [0.25, 0.3) is 0 Å². The normalized spacial score (nSPS) is 22.9. The molecule has 1 aromatic carbocycles. The number of aryl methyl sites for hydroxylation is 1. The van der Waals surface area contributed by atoms with Crippen molar-refractivity contribution in [2.24, 2.45) is 11.3 Å². The maximum absolute atomic E-state index is 14.9. The van der Waals surface area contributed by atoms with Gasteiger partial charge in [-0.05, 0) is 68.4 Å². The number of halogens is 1. The predicted octanol–water partition coefficient (Wildman–Crippen LogP) is 4.88. The molecule has 0 aliphatic heterocycles. The maximum atomic E-state index is 14.9. The number of rotatable bonds is 3. The third-order valence-corrected chi connectivity index (χ3v) is 6.37. The summed E-state index contributed by atoms with van der Waals surface area (Å²) in [5, 5.41) is 24.0. The number of nitriles is 1. The van der Waals surface area contributed by atoms with E-state index < -0.39 is 5.82 Å². The molecule has 4 nitrogen and oxygen atoms in total. The van der Waals surface area contributed by atoms with E-state index in [9.17, 15) is 14.8 Å². The largest absolute Gasteiger partial charge is 0.393 e. The number of aliphatic hydroxyl groups excluding tert-OH is 1. The third kappa shape index (κ3) is 3.86. The van der Waals surface area contributed by atoms with Crippen molar-refractivity contribution in [2.45, 2.75) is 65.4 Å². The van der Waals surface area contributed by atoms with Crippen molar-refractivity contribution >= 4 is 6.08 Å². The second-order valence-electron chi connectivity index (χ2n) is 9.31. The van der Waals surface area contributed by atoms with Crippen molar-refractivity contribution in [2.75, 3.05) is 0 Å². The van der Waals surface area contributed by atoms with E-state index in [0.29, 0.717) is 18.0 Å². The maximum Gasteiger partial charge on any atom is 0.143 e. The van der Waals surface area contributed by atoms with Crippen molar-refractivity contribution < 1.29 is 9.50 Å². The van der Waals surface area contributed by atoms with Crippen molar-refractivity contribution in [3.05, 3.63) is 52.1 Å². The van der Waals surface area contributed by atoms with Crippen LogP contribution < -0.4 is 0 Å². The van der Waals surface area contributed by atoms with Gasteiger partial charge in [-0.2, -0.15) is 10.4 Å². The van der Waals surface area contributed by atoms with Gasteiger partial charge < -0.3 is 5.11 Å². The Morgan fingerprint density at radius 2 is 2.00 bits per heavy atom. The fourth-order valence-corrected chi connectivity index (χ4v) is 4.70. The van der Waals surface area contributed by atoms with E-state index in [1.165, 1.54) is 6.07 Å². The summed E-state index contributed by atoms with van der Waals surface area (Å²) in [7, 11) is 0. The van der Waals surface area contributed by atoms with Crippen LogP contribution in [0.3, 0.4) is 0 Å². The molecule has 1 saturated carbocycles. The molecular weight excluding hydrogens is 365 g/mol. The van der Waals surface area contributed by atoms with Crippen LogP contribution in [0.5, 0.6) is 0 Å². The minimum Gasteiger partial charge on any atom is -0.393 e. The van der Waals surface area contributed by atoms with Gasteiger partial charge in [0.2, 0.25) is 0 Å². The van der Waals surface area contributed by atoms with Crippen molar-refractivity contribution in [1.82, 2.24) is 9.78 Å². The number of benzene rings is 1. The molecule has 0 spiro atoms. The first kappa shape index (κ1) is 19.8. The van der Waals surface area contributed by atoms with Crippen LogP contribution in [0.4, 0.5) is 4.39 Å². The minimum atomic E-state index is -0.483. The molecule has 5 heteroatoms. The van der Waals surface area contributed by atoms with Gasteiger partial charge in [-0.1, -0.05) is 26.0 Å². The zero-order valence-corrected chi connectivity index (χ0v) is 17.4. The fourth-order valence-electron chi connectivity index (χ4n) is 4.70. The topological polar surface area (TPSA) is 61.8 Å². The van der Waals surface area contributed by atoms with Gasteiger partial charge in [0.15, 0.2) is 0 Å². The SMILES string of the molecule is Cc1nn(-c2cc(F)c(C#N)c(CC3CCC(O)CC3)c2)c2c1C=CC(C)(C)C2. The lowest BCUT2D eigenvalue weighted by atomic mass is 9.81. The Hall–Kier alpha value is -2.45. The number of aliphatic hydroxyl groups is 1. The minimum absolute atomic E-state index is 0.0219. The average molecular weight is 394 g/mol. The monoisotopic (exact) mass is 393 g/mol. The summed E-state index contributed by atoms with van der Waals surface area (Å²) >= 11 is 0. The molecular formula is C24H28FN3O. The molecule has 0 bridgehead atoms. The highest BCUT2D eigenvalue weighted by atomic mass is 19.1. The first-order chi connectivity index (χ1) is 13.8. The lowest BCUT2D eigenvalue weighted by Gasteiger charge is -2.26. The molecule has 0 radical (unpaired) electrons. The Balaban J connectivity index is 1.74. The van der Waals surface area contributed by atoms with Crippen LogP contribution in [-0.2, 0) is 12.8 Å². The van der Waals surface area contributed by atoms with Crippen LogP contribution in [0.1, 0.15) is 67.6 Å². The molecule has 4 rings (SSSR count).